The topological polar surface area (TPSA) is 91.1 Å². The normalized spacial score (nSPS) is 16.2. The average molecular weight is 444 g/mol. The lowest BCUT2D eigenvalue weighted by Crippen LogP contribution is -2.40. The third kappa shape index (κ3) is 4.02. The summed E-state index contributed by atoms with van der Waals surface area (Å²) in [5, 5.41) is 9.42. The molecule has 0 atom stereocenters. The number of phenols is 1. The van der Waals surface area contributed by atoms with Gasteiger partial charge in [0.25, 0.3) is 5.91 Å². The first-order valence-electron chi connectivity index (χ1n) is 11.1. The number of carbonyl (C=O) groups is 3. The van der Waals surface area contributed by atoms with Crippen molar-refractivity contribution in [1.82, 2.24) is 4.90 Å². The molecule has 0 bridgehead atoms. The van der Waals surface area contributed by atoms with E-state index in [1.165, 1.54) is 18.4 Å². The molecule has 7 nitrogen and oxygen atoms in total. The van der Waals surface area contributed by atoms with Crippen molar-refractivity contribution in [3.63, 3.8) is 0 Å². The highest BCUT2D eigenvalue weighted by Crippen LogP contribution is 2.31. The monoisotopic (exact) mass is 444 g/mol. The van der Waals surface area contributed by atoms with Crippen LogP contribution in [0.1, 0.15) is 44.9 Å². The maximum Gasteiger partial charge on any atom is 0.289 e. The van der Waals surface area contributed by atoms with Gasteiger partial charge in [0, 0.05) is 35.8 Å². The number of Topliss-reactive ketones (excluding diaryl/α,β-unsaturated/α-hetero) is 1. The molecule has 3 heterocycles. The Kier molecular flexibility index (Phi) is 5.46. The molecule has 2 aromatic carbocycles. The van der Waals surface area contributed by atoms with Crippen LogP contribution in [0.5, 0.6) is 5.75 Å². The van der Waals surface area contributed by atoms with Crippen molar-refractivity contribution in [3.05, 3.63) is 83.3 Å². The second-order valence-corrected chi connectivity index (χ2v) is 8.54. The highest BCUT2D eigenvalue weighted by atomic mass is 16.3. The molecule has 1 saturated heterocycles. The Balaban J connectivity index is 1.25. The fourth-order valence-corrected chi connectivity index (χ4v) is 4.66. The van der Waals surface area contributed by atoms with E-state index in [-0.39, 0.29) is 41.6 Å². The van der Waals surface area contributed by atoms with Crippen LogP contribution in [-0.4, -0.2) is 40.7 Å². The number of ketones is 1. The molecule has 7 heteroatoms. The molecule has 2 aliphatic rings. The molecule has 2 amide bonds. The van der Waals surface area contributed by atoms with Crippen LogP contribution >= 0.6 is 0 Å². The van der Waals surface area contributed by atoms with Gasteiger partial charge in [-0.1, -0.05) is 18.2 Å². The van der Waals surface area contributed by atoms with Gasteiger partial charge in [0.1, 0.15) is 5.75 Å². The average Bonchev–Trinajstić information content (AvgIpc) is 3.43. The van der Waals surface area contributed by atoms with Crippen molar-refractivity contribution in [1.29, 1.82) is 0 Å². The first-order chi connectivity index (χ1) is 16.0. The summed E-state index contributed by atoms with van der Waals surface area (Å²) in [4.78, 5) is 41.9. The van der Waals surface area contributed by atoms with E-state index in [1.54, 1.807) is 28.0 Å². The molecule has 0 spiro atoms. The third-order valence-electron chi connectivity index (χ3n) is 6.50. The van der Waals surface area contributed by atoms with Gasteiger partial charge in [-0.25, -0.2) is 0 Å². The molecule has 1 N–H and O–H groups in total. The molecular formula is C26H24N2O5. The minimum atomic E-state index is -0.217. The Morgan fingerprint density at radius 3 is 2.48 bits per heavy atom. The summed E-state index contributed by atoms with van der Waals surface area (Å²) in [5.41, 5.74) is 3.10. The molecule has 3 aromatic rings. The number of aromatic hydroxyl groups is 1. The number of hydrogen-bond donors (Lipinski definition) is 1. The van der Waals surface area contributed by atoms with Gasteiger partial charge in [0.15, 0.2) is 11.5 Å². The number of likely N-dealkylation sites (tertiary alicyclic amines) is 1. The van der Waals surface area contributed by atoms with Crippen LogP contribution < -0.4 is 4.90 Å². The van der Waals surface area contributed by atoms with Gasteiger partial charge in [-0.15, -0.1) is 0 Å². The van der Waals surface area contributed by atoms with Crippen molar-refractivity contribution in [2.24, 2.45) is 5.92 Å². The number of piperidine rings is 1. The van der Waals surface area contributed by atoms with Crippen molar-refractivity contribution < 1.29 is 23.9 Å². The predicted octanol–water partition coefficient (Wildman–Crippen LogP) is 3.81. The SMILES string of the molecule is O=C(c1ccc(O)cc1)C1CCN(C(=O)c2occc2CN2C(=O)Cc3ccccc32)CC1. The quantitative estimate of drug-likeness (QED) is 0.605. The number of hydrogen-bond acceptors (Lipinski definition) is 5. The molecule has 0 unspecified atom stereocenters. The molecule has 5 rings (SSSR count). The predicted molar refractivity (Wildman–Crippen MR) is 121 cm³/mol. The van der Waals surface area contributed by atoms with Crippen LogP contribution in [0.15, 0.2) is 65.3 Å². The van der Waals surface area contributed by atoms with E-state index in [4.69, 9.17) is 4.42 Å². The number of rotatable bonds is 5. The van der Waals surface area contributed by atoms with Gasteiger partial charge in [-0.2, -0.15) is 0 Å². The minimum Gasteiger partial charge on any atom is -0.508 e. The number of furan rings is 1. The van der Waals surface area contributed by atoms with E-state index in [0.29, 0.717) is 43.5 Å². The maximum absolute atomic E-state index is 13.2. The number of nitrogens with zero attached hydrogens (tertiary/aromatic N) is 2. The Morgan fingerprint density at radius 1 is 1.00 bits per heavy atom. The summed E-state index contributed by atoms with van der Waals surface area (Å²) in [7, 11) is 0. The molecule has 0 aliphatic carbocycles. The number of fused-ring (bicyclic) bond motifs is 1. The van der Waals surface area contributed by atoms with E-state index in [1.807, 2.05) is 24.3 Å². The van der Waals surface area contributed by atoms with Crippen LogP contribution in [0, 0.1) is 5.92 Å². The Labute approximate surface area is 191 Å². The Hall–Kier alpha value is -3.87. The molecule has 2 aliphatic heterocycles. The number of amides is 2. The molecule has 0 radical (unpaired) electrons. The van der Waals surface area contributed by atoms with Crippen molar-refractivity contribution in [2.75, 3.05) is 18.0 Å². The fraction of sp³-hybridized carbons (Fsp3) is 0.269. The van der Waals surface area contributed by atoms with E-state index >= 15 is 0 Å². The maximum atomic E-state index is 13.2. The summed E-state index contributed by atoms with van der Waals surface area (Å²) < 4.78 is 5.55. The van der Waals surface area contributed by atoms with Crippen LogP contribution in [0.4, 0.5) is 5.69 Å². The second-order valence-electron chi connectivity index (χ2n) is 8.54. The third-order valence-corrected chi connectivity index (χ3v) is 6.50. The molecule has 1 fully saturated rings. The fourth-order valence-electron chi connectivity index (χ4n) is 4.66. The molecule has 33 heavy (non-hydrogen) atoms. The number of para-hydroxylation sites is 1. The van der Waals surface area contributed by atoms with Gasteiger partial charge in [-0.05, 0) is 54.8 Å². The summed E-state index contributed by atoms with van der Waals surface area (Å²) in [6, 6.07) is 15.7. The molecular weight excluding hydrogens is 420 g/mol. The van der Waals surface area contributed by atoms with Crippen molar-refractivity contribution in [3.8, 4) is 5.75 Å². The highest BCUT2D eigenvalue weighted by Gasteiger charge is 2.32. The van der Waals surface area contributed by atoms with Gasteiger partial charge in [0.2, 0.25) is 5.91 Å². The van der Waals surface area contributed by atoms with Gasteiger partial charge in [0.05, 0.1) is 19.2 Å². The van der Waals surface area contributed by atoms with E-state index in [9.17, 15) is 19.5 Å². The number of benzene rings is 2. The van der Waals surface area contributed by atoms with Gasteiger partial charge < -0.3 is 19.3 Å². The lowest BCUT2D eigenvalue weighted by Gasteiger charge is -2.31. The summed E-state index contributed by atoms with van der Waals surface area (Å²) in [6.07, 6.45) is 2.98. The first-order valence-corrected chi connectivity index (χ1v) is 11.1. The zero-order valence-corrected chi connectivity index (χ0v) is 18.1. The lowest BCUT2D eigenvalue weighted by atomic mass is 9.88. The molecule has 168 valence electrons. The van der Waals surface area contributed by atoms with E-state index < -0.39 is 0 Å². The van der Waals surface area contributed by atoms with E-state index in [0.717, 1.165) is 11.3 Å². The summed E-state index contributed by atoms with van der Waals surface area (Å²) >= 11 is 0. The number of phenolic OH excluding ortho intramolecular Hbond substituents is 1. The van der Waals surface area contributed by atoms with Crippen molar-refractivity contribution >= 4 is 23.3 Å². The summed E-state index contributed by atoms with van der Waals surface area (Å²) in [5.74, 6) is 0.0334. The Bertz CT molecular complexity index is 1210. The Morgan fingerprint density at radius 2 is 1.73 bits per heavy atom. The van der Waals surface area contributed by atoms with Crippen LogP contribution in [-0.2, 0) is 17.8 Å². The summed E-state index contributed by atoms with van der Waals surface area (Å²) in [6.45, 7) is 1.20. The van der Waals surface area contributed by atoms with Crippen LogP contribution in [0.25, 0.3) is 0 Å². The van der Waals surface area contributed by atoms with Gasteiger partial charge in [-0.3, -0.25) is 14.4 Å². The minimum absolute atomic E-state index is 0.00403. The lowest BCUT2D eigenvalue weighted by molar-refractivity contribution is -0.117. The van der Waals surface area contributed by atoms with Gasteiger partial charge >= 0.3 is 0 Å². The van der Waals surface area contributed by atoms with E-state index in [2.05, 4.69) is 0 Å². The highest BCUT2D eigenvalue weighted by molar-refractivity contribution is 6.02. The zero-order valence-electron chi connectivity index (χ0n) is 18.1. The molecule has 1 aromatic heterocycles. The van der Waals surface area contributed by atoms with Crippen LogP contribution in [0.2, 0.25) is 0 Å². The number of anilines is 1. The van der Waals surface area contributed by atoms with Crippen molar-refractivity contribution in [2.45, 2.75) is 25.8 Å². The standard InChI is InChI=1S/C26H24N2O5/c29-21-7-5-17(6-8-21)24(31)18-9-12-27(13-10-18)26(32)25-20(11-14-33-25)16-28-22-4-2-1-3-19(22)15-23(28)30/h1-8,11,14,18,29H,9-10,12-13,15-16H2. The zero-order chi connectivity index (χ0) is 22.9. The smallest absolute Gasteiger partial charge is 0.289 e. The van der Waals surface area contributed by atoms with Crippen LogP contribution in [0.3, 0.4) is 0 Å². The largest absolute Gasteiger partial charge is 0.508 e. The second kappa shape index (κ2) is 8.58. The first kappa shape index (κ1) is 21.0. The molecule has 0 saturated carbocycles. The number of carbonyl (C=O) groups excluding carboxylic acids is 3.